The lowest BCUT2D eigenvalue weighted by molar-refractivity contribution is 0.474. The zero-order chi connectivity index (χ0) is 17.7. The van der Waals surface area contributed by atoms with Gasteiger partial charge in [0.2, 0.25) is 0 Å². The van der Waals surface area contributed by atoms with E-state index in [2.05, 4.69) is 23.8 Å². The maximum atomic E-state index is 12.2. The van der Waals surface area contributed by atoms with Crippen LogP contribution in [0.4, 0.5) is 0 Å². The first-order valence-electron chi connectivity index (χ1n) is 7.47. The van der Waals surface area contributed by atoms with Crippen LogP contribution in [0.3, 0.4) is 0 Å². The van der Waals surface area contributed by atoms with E-state index < -0.39 is 10.0 Å². The van der Waals surface area contributed by atoms with Crippen molar-refractivity contribution in [2.24, 2.45) is 5.10 Å². The van der Waals surface area contributed by atoms with Crippen molar-refractivity contribution in [2.45, 2.75) is 31.1 Å². The molecule has 24 heavy (non-hydrogen) atoms. The Hall–Kier alpha value is -2.05. The Labute approximate surface area is 147 Å². The molecule has 5 nitrogen and oxygen atoms in total. The second-order valence-corrected chi connectivity index (χ2v) is 7.53. The number of halogens is 1. The number of nitrogens with zero attached hydrogens (tertiary/aromatic N) is 1. The summed E-state index contributed by atoms with van der Waals surface area (Å²) in [6, 6.07) is 11.1. The highest BCUT2D eigenvalue weighted by atomic mass is 35.5. The number of nitrogens with one attached hydrogen (secondary N) is 1. The molecule has 0 amide bonds. The Morgan fingerprint density at radius 3 is 2.54 bits per heavy atom. The van der Waals surface area contributed by atoms with E-state index in [-0.39, 0.29) is 10.6 Å². The predicted octanol–water partition coefficient (Wildman–Crippen LogP) is 3.87. The highest BCUT2D eigenvalue weighted by molar-refractivity contribution is 7.89. The third-order valence-electron chi connectivity index (χ3n) is 3.74. The molecule has 1 atom stereocenters. The number of hydrogen-bond donors (Lipinski definition) is 2. The van der Waals surface area contributed by atoms with Crippen molar-refractivity contribution >= 4 is 27.8 Å². The van der Waals surface area contributed by atoms with Gasteiger partial charge in [0.1, 0.15) is 5.75 Å². The summed E-state index contributed by atoms with van der Waals surface area (Å²) in [6.45, 7) is 4.17. The van der Waals surface area contributed by atoms with Gasteiger partial charge in [-0.3, -0.25) is 0 Å². The monoisotopic (exact) mass is 366 g/mol. The smallest absolute Gasteiger partial charge is 0.276 e. The molecule has 1 unspecified atom stereocenters. The van der Waals surface area contributed by atoms with Crippen molar-refractivity contribution < 1.29 is 13.5 Å². The molecule has 0 aliphatic carbocycles. The van der Waals surface area contributed by atoms with Gasteiger partial charge in [-0.1, -0.05) is 37.6 Å². The maximum absolute atomic E-state index is 12.2. The Bertz CT molecular complexity index is 833. The molecule has 0 aliphatic heterocycles. The third-order valence-corrected chi connectivity index (χ3v) is 5.21. The molecule has 0 radical (unpaired) electrons. The van der Waals surface area contributed by atoms with E-state index in [0.29, 0.717) is 16.5 Å². The molecule has 0 heterocycles. The summed E-state index contributed by atoms with van der Waals surface area (Å²) >= 11 is 5.82. The highest BCUT2D eigenvalue weighted by Crippen LogP contribution is 2.21. The number of aromatic hydroxyl groups is 1. The van der Waals surface area contributed by atoms with E-state index >= 15 is 0 Å². The lowest BCUT2D eigenvalue weighted by Crippen LogP contribution is -2.18. The molecular formula is C17H19ClN2O3S. The number of hydrazone groups is 1. The summed E-state index contributed by atoms with van der Waals surface area (Å²) in [4.78, 5) is 2.25. The van der Waals surface area contributed by atoms with Crippen LogP contribution >= 0.6 is 11.6 Å². The number of phenolic OH excluding ortho intramolecular Hbond substituents is 1. The van der Waals surface area contributed by atoms with Gasteiger partial charge in [0.05, 0.1) is 11.1 Å². The van der Waals surface area contributed by atoms with Crippen LogP contribution in [0.1, 0.15) is 37.3 Å². The van der Waals surface area contributed by atoms with Crippen LogP contribution in [0.15, 0.2) is 52.5 Å². The molecule has 0 saturated carbocycles. The SMILES string of the molecule is CCC(C)c1ccc(S(=O)(=O)N/N=C/c2cc(Cl)ccc2O)cc1. The van der Waals surface area contributed by atoms with Gasteiger partial charge in [0.25, 0.3) is 10.0 Å². The van der Waals surface area contributed by atoms with Gasteiger partial charge in [-0.2, -0.15) is 13.5 Å². The van der Waals surface area contributed by atoms with Gasteiger partial charge in [-0.15, -0.1) is 0 Å². The van der Waals surface area contributed by atoms with Crippen molar-refractivity contribution in [3.63, 3.8) is 0 Å². The van der Waals surface area contributed by atoms with Crippen molar-refractivity contribution in [1.29, 1.82) is 0 Å². The van der Waals surface area contributed by atoms with E-state index in [9.17, 15) is 13.5 Å². The van der Waals surface area contributed by atoms with Crippen LogP contribution in [0, 0.1) is 0 Å². The van der Waals surface area contributed by atoms with Gasteiger partial charge in [-0.05, 0) is 48.2 Å². The van der Waals surface area contributed by atoms with Crippen molar-refractivity contribution in [3.05, 3.63) is 58.6 Å². The second-order valence-electron chi connectivity index (χ2n) is 5.43. The third kappa shape index (κ3) is 4.49. The molecule has 128 valence electrons. The van der Waals surface area contributed by atoms with Gasteiger partial charge < -0.3 is 5.11 Å². The van der Waals surface area contributed by atoms with Crippen LogP contribution in [0.2, 0.25) is 5.02 Å². The maximum Gasteiger partial charge on any atom is 0.276 e. The van der Waals surface area contributed by atoms with E-state index in [1.807, 2.05) is 0 Å². The number of rotatable bonds is 6. The molecule has 2 N–H and O–H groups in total. The minimum atomic E-state index is -3.77. The van der Waals surface area contributed by atoms with Crippen LogP contribution in [-0.2, 0) is 10.0 Å². The summed E-state index contributed by atoms with van der Waals surface area (Å²) < 4.78 is 24.4. The summed E-state index contributed by atoms with van der Waals surface area (Å²) in [7, 11) is -3.77. The Balaban J connectivity index is 2.13. The fourth-order valence-electron chi connectivity index (χ4n) is 2.06. The summed E-state index contributed by atoms with van der Waals surface area (Å²) in [6.07, 6.45) is 2.18. The summed E-state index contributed by atoms with van der Waals surface area (Å²) in [5, 5.41) is 13.8. The van der Waals surface area contributed by atoms with Crippen LogP contribution in [0.25, 0.3) is 0 Å². The Kier molecular flexibility index (Phi) is 5.85. The quantitative estimate of drug-likeness (QED) is 0.601. The number of benzene rings is 2. The fourth-order valence-corrected chi connectivity index (χ4v) is 3.03. The summed E-state index contributed by atoms with van der Waals surface area (Å²) in [5.74, 6) is 0.332. The largest absolute Gasteiger partial charge is 0.507 e. The number of hydrogen-bond acceptors (Lipinski definition) is 4. The van der Waals surface area contributed by atoms with Crippen LogP contribution in [-0.4, -0.2) is 19.7 Å². The normalized spacial score (nSPS) is 13.1. The van der Waals surface area contributed by atoms with E-state index in [1.54, 1.807) is 24.3 Å². The molecule has 0 bridgehead atoms. The van der Waals surface area contributed by atoms with Gasteiger partial charge in [-0.25, -0.2) is 4.83 Å². The first kappa shape index (κ1) is 18.3. The number of sulfonamides is 1. The lowest BCUT2D eigenvalue weighted by Gasteiger charge is -2.10. The molecule has 0 spiro atoms. The fraction of sp³-hybridized carbons (Fsp3) is 0.235. The Morgan fingerprint density at radius 2 is 1.92 bits per heavy atom. The van der Waals surface area contributed by atoms with Crippen molar-refractivity contribution in [1.82, 2.24) is 4.83 Å². The van der Waals surface area contributed by atoms with E-state index in [4.69, 9.17) is 11.6 Å². The lowest BCUT2D eigenvalue weighted by atomic mass is 9.99. The molecule has 0 aromatic heterocycles. The highest BCUT2D eigenvalue weighted by Gasteiger charge is 2.13. The van der Waals surface area contributed by atoms with Crippen molar-refractivity contribution in [2.75, 3.05) is 0 Å². The predicted molar refractivity (Wildman–Crippen MR) is 96.2 cm³/mol. The molecule has 0 saturated heterocycles. The molecule has 0 fully saturated rings. The average Bonchev–Trinajstić information content (AvgIpc) is 2.57. The van der Waals surface area contributed by atoms with E-state index in [0.717, 1.165) is 12.0 Å². The molecule has 7 heteroatoms. The first-order valence-corrected chi connectivity index (χ1v) is 9.33. The molecule has 2 aromatic carbocycles. The molecule has 2 aromatic rings. The Morgan fingerprint density at radius 1 is 1.25 bits per heavy atom. The first-order chi connectivity index (χ1) is 11.3. The van der Waals surface area contributed by atoms with Crippen LogP contribution in [0.5, 0.6) is 5.75 Å². The van der Waals surface area contributed by atoms with Crippen LogP contribution < -0.4 is 4.83 Å². The molecular weight excluding hydrogens is 348 g/mol. The zero-order valence-corrected chi connectivity index (χ0v) is 15.0. The molecule has 0 aliphatic rings. The average molecular weight is 367 g/mol. The summed E-state index contributed by atoms with van der Waals surface area (Å²) in [5.41, 5.74) is 1.40. The minimum Gasteiger partial charge on any atom is -0.507 e. The number of phenols is 1. The molecule has 2 rings (SSSR count). The standard InChI is InChI=1S/C17H19ClN2O3S/c1-3-12(2)13-4-7-16(8-5-13)24(22,23)20-19-11-14-10-15(18)6-9-17(14)21/h4-12,20-21H,3H2,1-2H3/b19-11+. The van der Waals surface area contributed by atoms with Crippen molar-refractivity contribution in [3.8, 4) is 5.75 Å². The van der Waals surface area contributed by atoms with Gasteiger partial charge in [0, 0.05) is 10.6 Å². The minimum absolute atomic E-state index is 0.0414. The topological polar surface area (TPSA) is 78.8 Å². The van der Waals surface area contributed by atoms with Gasteiger partial charge in [0.15, 0.2) is 0 Å². The zero-order valence-electron chi connectivity index (χ0n) is 13.4. The van der Waals surface area contributed by atoms with Gasteiger partial charge >= 0.3 is 0 Å². The second kappa shape index (κ2) is 7.68. The van der Waals surface area contributed by atoms with E-state index in [1.165, 1.54) is 24.4 Å².